The summed E-state index contributed by atoms with van der Waals surface area (Å²) in [4.78, 5) is 0. The van der Waals surface area contributed by atoms with Gasteiger partial charge in [-0.2, -0.15) is 4.40 Å². The maximum Gasteiger partial charge on any atom is 0.219 e. The normalized spacial score (nSPS) is 11.4. The van der Waals surface area contributed by atoms with Gasteiger partial charge < -0.3 is 10.2 Å². The smallest absolute Gasteiger partial charge is 0.219 e. The van der Waals surface area contributed by atoms with E-state index in [-0.39, 0.29) is 11.5 Å². The molecule has 2 heterocycles. The first-order chi connectivity index (χ1) is 9.74. The predicted octanol–water partition coefficient (Wildman–Crippen LogP) is 3.14. The zero-order chi connectivity index (χ0) is 13.7. The average molecular weight is 262 g/mol. The van der Waals surface area contributed by atoms with Crippen molar-refractivity contribution in [3.05, 3.63) is 60.9 Å². The molecule has 96 valence electrons. The van der Waals surface area contributed by atoms with E-state index in [1.807, 2.05) is 41.1 Å². The van der Waals surface area contributed by atoms with Crippen molar-refractivity contribution in [3.63, 3.8) is 0 Å². The van der Waals surface area contributed by atoms with Crippen molar-refractivity contribution in [2.24, 2.45) is 0 Å². The number of pyridine rings is 2. The molecular weight excluding hydrogens is 250 g/mol. The molecule has 3 heteroatoms. The molecule has 0 fully saturated rings. The molecule has 0 unspecified atom stereocenters. The molecular formula is C17H12NO2+. The van der Waals surface area contributed by atoms with Crippen molar-refractivity contribution >= 4 is 27.1 Å². The van der Waals surface area contributed by atoms with Gasteiger partial charge in [0.25, 0.3) is 0 Å². The number of hydrogen-bond donors (Lipinski definition) is 2. The standard InChI is InChI=1S/C17H11NO2/c19-16-5-6-17(20)14-10-18-8-7-11-3-1-2-4-12(11)15(18)9-13(14)16/h1-10,19H/p+1. The summed E-state index contributed by atoms with van der Waals surface area (Å²) in [7, 11) is 0. The number of hydrogen-bond acceptors (Lipinski definition) is 2. The highest BCUT2D eigenvalue weighted by Crippen LogP contribution is 2.32. The number of aromatic hydroxyl groups is 2. The Morgan fingerprint density at radius 2 is 1.50 bits per heavy atom. The first kappa shape index (κ1) is 11.1. The SMILES string of the molecule is Oc1ccc(O)c2c[n+]3ccc4ccccc4c3cc12. The van der Waals surface area contributed by atoms with E-state index in [1.54, 1.807) is 0 Å². The van der Waals surface area contributed by atoms with Crippen LogP contribution in [-0.4, -0.2) is 10.2 Å². The van der Waals surface area contributed by atoms with Crippen molar-refractivity contribution < 1.29 is 14.6 Å². The molecule has 0 radical (unpaired) electrons. The summed E-state index contributed by atoms with van der Waals surface area (Å²) in [5.41, 5.74) is 0.997. The molecule has 0 saturated heterocycles. The van der Waals surface area contributed by atoms with E-state index in [0.717, 1.165) is 16.3 Å². The number of rotatable bonds is 0. The lowest BCUT2D eigenvalue weighted by atomic mass is 10.1. The van der Waals surface area contributed by atoms with Gasteiger partial charge in [-0.15, -0.1) is 0 Å². The Kier molecular flexibility index (Phi) is 2.12. The van der Waals surface area contributed by atoms with Crippen molar-refractivity contribution in [1.82, 2.24) is 0 Å². The molecule has 3 nitrogen and oxygen atoms in total. The van der Waals surface area contributed by atoms with Crippen molar-refractivity contribution in [3.8, 4) is 11.5 Å². The Labute approximate surface area is 115 Å². The maximum atomic E-state index is 10.0. The summed E-state index contributed by atoms with van der Waals surface area (Å²) in [5, 5.41) is 23.5. The monoisotopic (exact) mass is 262 g/mol. The zero-order valence-electron chi connectivity index (χ0n) is 10.6. The summed E-state index contributed by atoms with van der Waals surface area (Å²) in [5.74, 6) is 0.341. The van der Waals surface area contributed by atoms with Crippen LogP contribution in [0.15, 0.2) is 60.9 Å². The Balaban J connectivity index is 2.27. The molecule has 0 atom stereocenters. The highest BCUT2D eigenvalue weighted by atomic mass is 16.3. The Morgan fingerprint density at radius 1 is 0.750 bits per heavy atom. The molecule has 0 bridgehead atoms. The van der Waals surface area contributed by atoms with Gasteiger partial charge in [0.15, 0.2) is 12.4 Å². The van der Waals surface area contributed by atoms with Crippen LogP contribution < -0.4 is 4.40 Å². The number of nitrogens with zero attached hydrogens (tertiary/aromatic N) is 1. The van der Waals surface area contributed by atoms with Crippen LogP contribution in [0.2, 0.25) is 0 Å². The molecule has 0 aliphatic rings. The van der Waals surface area contributed by atoms with E-state index in [4.69, 9.17) is 0 Å². The van der Waals surface area contributed by atoms with Crippen LogP contribution in [0.5, 0.6) is 11.5 Å². The third-order valence-electron chi connectivity index (χ3n) is 3.72. The summed E-state index contributed by atoms with van der Waals surface area (Å²) in [6, 6.07) is 15.1. The van der Waals surface area contributed by atoms with Gasteiger partial charge in [-0.3, -0.25) is 0 Å². The minimum absolute atomic E-state index is 0.167. The van der Waals surface area contributed by atoms with Gasteiger partial charge in [0.2, 0.25) is 5.52 Å². The highest BCUT2D eigenvalue weighted by molar-refractivity contribution is 6.00. The van der Waals surface area contributed by atoms with Gasteiger partial charge in [0.05, 0.1) is 10.8 Å². The fraction of sp³-hybridized carbons (Fsp3) is 0. The second-order valence-corrected chi connectivity index (χ2v) is 4.90. The van der Waals surface area contributed by atoms with Gasteiger partial charge in [0.1, 0.15) is 11.5 Å². The summed E-state index contributed by atoms with van der Waals surface area (Å²) >= 11 is 0. The molecule has 0 spiro atoms. The molecule has 0 saturated carbocycles. The van der Waals surface area contributed by atoms with Gasteiger partial charge in [-0.05, 0) is 23.6 Å². The maximum absolute atomic E-state index is 10.0. The molecule has 2 aromatic carbocycles. The molecule has 0 aliphatic heterocycles. The van der Waals surface area contributed by atoms with E-state index in [1.165, 1.54) is 12.1 Å². The second-order valence-electron chi connectivity index (χ2n) is 4.90. The Morgan fingerprint density at radius 3 is 2.35 bits per heavy atom. The van der Waals surface area contributed by atoms with Crippen molar-refractivity contribution in [2.75, 3.05) is 0 Å². The van der Waals surface area contributed by atoms with E-state index in [9.17, 15) is 10.2 Å². The van der Waals surface area contributed by atoms with Gasteiger partial charge >= 0.3 is 0 Å². The summed E-state index contributed by atoms with van der Waals surface area (Å²) in [6.45, 7) is 0. The van der Waals surface area contributed by atoms with E-state index in [0.29, 0.717) is 10.8 Å². The highest BCUT2D eigenvalue weighted by Gasteiger charge is 2.13. The third-order valence-corrected chi connectivity index (χ3v) is 3.72. The Bertz CT molecular complexity index is 977. The number of aromatic nitrogens is 1. The minimum atomic E-state index is 0.167. The molecule has 20 heavy (non-hydrogen) atoms. The fourth-order valence-corrected chi connectivity index (χ4v) is 2.70. The number of benzene rings is 2. The first-order valence-electron chi connectivity index (χ1n) is 6.41. The van der Waals surface area contributed by atoms with Crippen LogP contribution in [0.4, 0.5) is 0 Å². The third kappa shape index (κ3) is 1.43. The lowest BCUT2D eigenvalue weighted by Crippen LogP contribution is -2.20. The van der Waals surface area contributed by atoms with Crippen LogP contribution in [0.1, 0.15) is 0 Å². The topological polar surface area (TPSA) is 44.6 Å². The van der Waals surface area contributed by atoms with Crippen LogP contribution in [0.25, 0.3) is 27.1 Å². The number of phenolic OH excluding ortho intramolecular Hbond substituents is 2. The summed E-state index contributed by atoms with van der Waals surface area (Å²) < 4.78 is 1.96. The van der Waals surface area contributed by atoms with Gasteiger partial charge in [0, 0.05) is 17.5 Å². The summed E-state index contributed by atoms with van der Waals surface area (Å²) in [6.07, 6.45) is 3.80. The minimum Gasteiger partial charge on any atom is -0.507 e. The van der Waals surface area contributed by atoms with Crippen molar-refractivity contribution in [2.45, 2.75) is 0 Å². The molecule has 0 aliphatic carbocycles. The van der Waals surface area contributed by atoms with E-state index in [2.05, 4.69) is 12.1 Å². The quantitative estimate of drug-likeness (QED) is 0.221. The van der Waals surface area contributed by atoms with Crippen molar-refractivity contribution in [1.29, 1.82) is 0 Å². The lowest BCUT2D eigenvalue weighted by molar-refractivity contribution is -0.509. The van der Waals surface area contributed by atoms with Crippen LogP contribution in [0, 0.1) is 0 Å². The van der Waals surface area contributed by atoms with Crippen LogP contribution in [0.3, 0.4) is 0 Å². The number of fused-ring (bicyclic) bond motifs is 4. The zero-order valence-corrected chi connectivity index (χ0v) is 10.6. The number of phenols is 2. The van der Waals surface area contributed by atoms with E-state index >= 15 is 0 Å². The molecule has 4 rings (SSSR count). The average Bonchev–Trinajstić information content (AvgIpc) is 2.50. The van der Waals surface area contributed by atoms with Gasteiger partial charge in [-0.1, -0.05) is 18.2 Å². The fourth-order valence-electron chi connectivity index (χ4n) is 2.70. The Hall–Kier alpha value is -2.81. The molecule has 0 amide bonds. The van der Waals surface area contributed by atoms with E-state index < -0.39 is 0 Å². The first-order valence-corrected chi connectivity index (χ1v) is 6.41. The van der Waals surface area contributed by atoms with Gasteiger partial charge in [-0.25, -0.2) is 0 Å². The second kappa shape index (κ2) is 3.84. The molecule has 2 aromatic heterocycles. The van der Waals surface area contributed by atoms with Crippen LogP contribution >= 0.6 is 0 Å². The largest absolute Gasteiger partial charge is 0.507 e. The lowest BCUT2D eigenvalue weighted by Gasteiger charge is -2.04. The molecule has 2 N–H and O–H groups in total. The molecule has 4 aromatic rings. The van der Waals surface area contributed by atoms with Crippen LogP contribution in [-0.2, 0) is 0 Å². The predicted molar refractivity (Wildman–Crippen MR) is 77.9 cm³/mol.